The lowest BCUT2D eigenvalue weighted by atomic mass is 10.9. The maximum Gasteiger partial charge on any atom is 0.327 e. The lowest BCUT2D eigenvalue weighted by Crippen LogP contribution is -1.88. The highest BCUT2D eigenvalue weighted by Gasteiger charge is 2.11. The molecule has 0 radical (unpaired) electrons. The standard InChI is InChI=1S/C4H11O3P/c1-4-7-8(3,5)6-2/h4H2,1-3H3/t8-/m0/s1. The fourth-order valence-corrected chi connectivity index (χ4v) is 0.862. The number of hydrogen-bond donors (Lipinski definition) is 0. The van der Waals surface area contributed by atoms with Crippen molar-refractivity contribution >= 4 is 7.60 Å². The first-order valence-electron chi connectivity index (χ1n) is 2.40. The van der Waals surface area contributed by atoms with Gasteiger partial charge in [-0.1, -0.05) is 0 Å². The molecule has 0 aliphatic heterocycles. The average molecular weight is 138 g/mol. The Hall–Kier alpha value is 0.150. The second-order valence-electron chi connectivity index (χ2n) is 1.37. The zero-order valence-corrected chi connectivity index (χ0v) is 6.27. The Kier molecular flexibility index (Phi) is 3.29. The SMILES string of the molecule is CCO[P@@](C)(=O)OC. The van der Waals surface area contributed by atoms with Crippen LogP contribution in [0.3, 0.4) is 0 Å². The van der Waals surface area contributed by atoms with E-state index in [-0.39, 0.29) is 0 Å². The summed E-state index contributed by atoms with van der Waals surface area (Å²) in [7, 11) is -1.30. The fourth-order valence-electron chi connectivity index (χ4n) is 0.287. The monoisotopic (exact) mass is 138 g/mol. The van der Waals surface area contributed by atoms with Crippen molar-refractivity contribution in [3.8, 4) is 0 Å². The predicted molar refractivity (Wildman–Crippen MR) is 32.2 cm³/mol. The molecule has 0 aliphatic carbocycles. The normalized spacial score (nSPS) is 17.9. The van der Waals surface area contributed by atoms with Crippen LogP contribution in [0.25, 0.3) is 0 Å². The van der Waals surface area contributed by atoms with Gasteiger partial charge in [0.05, 0.1) is 6.61 Å². The smallest absolute Gasteiger partial charge is 0.312 e. The van der Waals surface area contributed by atoms with Crippen LogP contribution in [0.15, 0.2) is 0 Å². The van der Waals surface area contributed by atoms with Gasteiger partial charge in [-0.05, 0) is 6.92 Å². The van der Waals surface area contributed by atoms with Gasteiger partial charge in [0, 0.05) is 13.8 Å². The topological polar surface area (TPSA) is 35.5 Å². The highest BCUT2D eigenvalue weighted by atomic mass is 31.2. The summed E-state index contributed by atoms with van der Waals surface area (Å²) in [4.78, 5) is 0. The summed E-state index contributed by atoms with van der Waals surface area (Å²) in [5.74, 6) is 0. The number of hydrogen-bond acceptors (Lipinski definition) is 3. The molecule has 0 amide bonds. The van der Waals surface area contributed by atoms with Gasteiger partial charge < -0.3 is 9.05 Å². The Morgan fingerprint density at radius 1 is 1.62 bits per heavy atom. The van der Waals surface area contributed by atoms with E-state index in [2.05, 4.69) is 4.52 Å². The van der Waals surface area contributed by atoms with Gasteiger partial charge in [-0.3, -0.25) is 4.57 Å². The summed E-state index contributed by atoms with van der Waals surface area (Å²) >= 11 is 0. The molecule has 0 heterocycles. The quantitative estimate of drug-likeness (QED) is 0.554. The minimum absolute atomic E-state index is 0.432. The second kappa shape index (κ2) is 3.23. The van der Waals surface area contributed by atoms with E-state index in [1.165, 1.54) is 13.8 Å². The molecular formula is C4H11O3P. The van der Waals surface area contributed by atoms with Gasteiger partial charge in [0.1, 0.15) is 0 Å². The van der Waals surface area contributed by atoms with Crippen LogP contribution in [0.2, 0.25) is 0 Å². The largest absolute Gasteiger partial charge is 0.327 e. The molecule has 50 valence electrons. The van der Waals surface area contributed by atoms with Gasteiger partial charge >= 0.3 is 7.60 Å². The van der Waals surface area contributed by atoms with Crippen molar-refractivity contribution in [2.75, 3.05) is 20.4 Å². The molecule has 4 heteroatoms. The maximum atomic E-state index is 10.7. The molecule has 0 aromatic carbocycles. The van der Waals surface area contributed by atoms with Crippen molar-refractivity contribution in [2.24, 2.45) is 0 Å². The van der Waals surface area contributed by atoms with Crippen LogP contribution in [0.4, 0.5) is 0 Å². The summed E-state index contributed by atoms with van der Waals surface area (Å²) in [6.07, 6.45) is 0. The fraction of sp³-hybridized carbons (Fsp3) is 1.00. The van der Waals surface area contributed by atoms with Crippen LogP contribution in [0, 0.1) is 0 Å². The Balaban J connectivity index is 3.55. The predicted octanol–water partition coefficient (Wildman–Crippen LogP) is 1.49. The van der Waals surface area contributed by atoms with Crippen molar-refractivity contribution in [1.29, 1.82) is 0 Å². The van der Waals surface area contributed by atoms with Gasteiger partial charge in [-0.25, -0.2) is 0 Å². The third-order valence-electron chi connectivity index (χ3n) is 0.695. The van der Waals surface area contributed by atoms with E-state index in [0.717, 1.165) is 0 Å². The van der Waals surface area contributed by atoms with Gasteiger partial charge in [0.25, 0.3) is 0 Å². The van der Waals surface area contributed by atoms with E-state index in [1.54, 1.807) is 6.92 Å². The Morgan fingerprint density at radius 2 is 2.12 bits per heavy atom. The lowest BCUT2D eigenvalue weighted by molar-refractivity contribution is 0.250. The molecule has 0 aliphatic rings. The van der Waals surface area contributed by atoms with E-state index < -0.39 is 7.60 Å². The van der Waals surface area contributed by atoms with Crippen LogP contribution < -0.4 is 0 Å². The molecule has 0 aromatic heterocycles. The third kappa shape index (κ3) is 3.19. The Morgan fingerprint density at radius 3 is 2.25 bits per heavy atom. The second-order valence-corrected chi connectivity index (χ2v) is 3.54. The van der Waals surface area contributed by atoms with E-state index in [0.29, 0.717) is 6.61 Å². The van der Waals surface area contributed by atoms with Gasteiger partial charge in [-0.15, -0.1) is 0 Å². The summed E-state index contributed by atoms with van der Waals surface area (Å²) in [5, 5.41) is 0. The molecule has 0 bridgehead atoms. The molecule has 0 aromatic rings. The summed E-state index contributed by atoms with van der Waals surface area (Å²) in [6, 6.07) is 0. The molecule has 0 saturated carbocycles. The third-order valence-corrected chi connectivity index (χ3v) is 2.09. The van der Waals surface area contributed by atoms with Crippen molar-refractivity contribution in [1.82, 2.24) is 0 Å². The Labute approximate surface area is 49.5 Å². The van der Waals surface area contributed by atoms with Crippen molar-refractivity contribution in [2.45, 2.75) is 6.92 Å². The summed E-state index contributed by atoms with van der Waals surface area (Å²) < 4.78 is 20.0. The molecule has 1 atom stereocenters. The van der Waals surface area contributed by atoms with E-state index in [1.807, 2.05) is 0 Å². The molecule has 0 fully saturated rings. The summed E-state index contributed by atoms with van der Waals surface area (Å²) in [5.41, 5.74) is 0. The highest BCUT2D eigenvalue weighted by molar-refractivity contribution is 7.52. The van der Waals surface area contributed by atoms with Crippen LogP contribution in [-0.4, -0.2) is 20.4 Å². The molecular weight excluding hydrogens is 127 g/mol. The minimum Gasteiger partial charge on any atom is -0.312 e. The maximum absolute atomic E-state index is 10.7. The minimum atomic E-state index is -2.67. The molecule has 0 saturated heterocycles. The number of rotatable bonds is 3. The van der Waals surface area contributed by atoms with Crippen molar-refractivity contribution in [3.63, 3.8) is 0 Å². The van der Waals surface area contributed by atoms with Gasteiger partial charge in [0.2, 0.25) is 0 Å². The Bertz CT molecular complexity index is 101. The van der Waals surface area contributed by atoms with Crippen molar-refractivity contribution < 1.29 is 13.6 Å². The zero-order chi connectivity index (χ0) is 6.62. The van der Waals surface area contributed by atoms with Gasteiger partial charge in [-0.2, -0.15) is 0 Å². The van der Waals surface area contributed by atoms with Crippen molar-refractivity contribution in [3.05, 3.63) is 0 Å². The molecule has 0 unspecified atom stereocenters. The van der Waals surface area contributed by atoms with Crippen LogP contribution in [0.1, 0.15) is 6.92 Å². The lowest BCUT2D eigenvalue weighted by Gasteiger charge is -2.07. The van der Waals surface area contributed by atoms with Gasteiger partial charge in [0.15, 0.2) is 0 Å². The highest BCUT2D eigenvalue weighted by Crippen LogP contribution is 2.41. The first-order valence-corrected chi connectivity index (χ1v) is 4.39. The molecule has 0 rings (SSSR count). The first-order chi connectivity index (χ1) is 3.62. The van der Waals surface area contributed by atoms with E-state index in [9.17, 15) is 4.57 Å². The van der Waals surface area contributed by atoms with E-state index >= 15 is 0 Å². The van der Waals surface area contributed by atoms with Crippen LogP contribution >= 0.6 is 7.60 Å². The van der Waals surface area contributed by atoms with Crippen LogP contribution in [0.5, 0.6) is 0 Å². The first kappa shape index (κ1) is 8.15. The zero-order valence-electron chi connectivity index (χ0n) is 5.38. The molecule has 0 N–H and O–H groups in total. The summed E-state index contributed by atoms with van der Waals surface area (Å²) in [6.45, 7) is 3.65. The van der Waals surface area contributed by atoms with Crippen LogP contribution in [-0.2, 0) is 13.6 Å². The van der Waals surface area contributed by atoms with E-state index in [4.69, 9.17) is 4.52 Å². The molecule has 3 nitrogen and oxygen atoms in total. The average Bonchev–Trinajstić information content (AvgIpc) is 1.67. The molecule has 8 heavy (non-hydrogen) atoms. The molecule has 0 spiro atoms.